The van der Waals surface area contributed by atoms with Gasteiger partial charge < -0.3 is 9.15 Å². The van der Waals surface area contributed by atoms with E-state index in [4.69, 9.17) is 9.15 Å². The molecule has 1 fully saturated rings. The molecule has 1 atom stereocenters. The van der Waals surface area contributed by atoms with Crippen molar-refractivity contribution < 1.29 is 18.7 Å². The maximum atomic E-state index is 11.9. The summed E-state index contributed by atoms with van der Waals surface area (Å²) in [5, 5.41) is 10.2. The fourth-order valence-corrected chi connectivity index (χ4v) is 2.22. The highest BCUT2D eigenvalue weighted by atomic mass is 16.5. The Morgan fingerprint density at radius 2 is 2.24 bits per heavy atom. The maximum absolute atomic E-state index is 11.9. The number of likely N-dealkylation sites (tertiary alicyclic amines) is 1. The molecule has 1 N–H and O–H groups in total. The van der Waals surface area contributed by atoms with Crippen LogP contribution in [0, 0.1) is 5.92 Å². The molecule has 0 saturated carbocycles. The average molecular weight is 296 g/mol. The van der Waals surface area contributed by atoms with E-state index in [1.54, 1.807) is 0 Å². The molecule has 21 heavy (non-hydrogen) atoms. The van der Waals surface area contributed by atoms with Gasteiger partial charge in [-0.2, -0.15) is 0 Å². The van der Waals surface area contributed by atoms with Gasteiger partial charge in [0.1, 0.15) is 0 Å². The Bertz CT molecular complexity index is 514. The maximum Gasteiger partial charge on any atom is 0.322 e. The van der Waals surface area contributed by atoms with Gasteiger partial charge in [-0.25, -0.2) is 0 Å². The Morgan fingerprint density at radius 1 is 1.48 bits per heavy atom. The smallest absolute Gasteiger partial charge is 0.322 e. The lowest BCUT2D eigenvalue weighted by molar-refractivity contribution is -0.145. The number of hydrogen-bond acceptors (Lipinski definition) is 7. The molecule has 8 heteroatoms. The Kier molecular flexibility index (Phi) is 4.89. The van der Waals surface area contributed by atoms with Gasteiger partial charge in [-0.1, -0.05) is 18.9 Å². The van der Waals surface area contributed by atoms with Crippen molar-refractivity contribution >= 4 is 17.9 Å². The molecule has 0 bridgehead atoms. The average Bonchev–Trinajstić information content (AvgIpc) is 3.07. The Labute approximate surface area is 122 Å². The lowest BCUT2D eigenvalue weighted by Gasteiger charge is -2.13. The molecule has 8 nitrogen and oxygen atoms in total. The van der Waals surface area contributed by atoms with Gasteiger partial charge in [0.25, 0.3) is 0 Å². The molecule has 1 aliphatic rings. The molecule has 1 amide bonds. The number of amides is 1. The molecule has 2 rings (SSSR count). The zero-order chi connectivity index (χ0) is 15.4. The van der Waals surface area contributed by atoms with Crippen molar-refractivity contribution in [3.8, 4) is 0 Å². The van der Waals surface area contributed by atoms with E-state index < -0.39 is 0 Å². The highest BCUT2D eigenvalue weighted by molar-refractivity contribution is 5.90. The number of nitrogens with zero attached hydrogens (tertiary/aromatic N) is 3. The first-order valence-electron chi connectivity index (χ1n) is 6.93. The minimum Gasteiger partial charge on any atom is -0.469 e. The number of nitrogens with one attached hydrogen (secondary N) is 1. The van der Waals surface area contributed by atoms with Gasteiger partial charge in [0.2, 0.25) is 11.8 Å². The summed E-state index contributed by atoms with van der Waals surface area (Å²) in [6.45, 7) is 5.26. The standard InChI is InChI=1S/C13H20N4O4/c1-8(2)11-15-16-13(21-11)14-10(18)7-17-5-4-9(6-17)12(19)20-3/h8-9H,4-7H2,1-3H3,(H,14,16,18). The minimum atomic E-state index is -0.237. The molecule has 0 spiro atoms. The number of carbonyl (C=O) groups is 2. The van der Waals surface area contributed by atoms with Crippen LogP contribution in [0.5, 0.6) is 0 Å². The van der Waals surface area contributed by atoms with E-state index in [0.29, 0.717) is 25.4 Å². The molecule has 116 valence electrons. The van der Waals surface area contributed by atoms with Crippen molar-refractivity contribution in [3.63, 3.8) is 0 Å². The van der Waals surface area contributed by atoms with Gasteiger partial charge in [-0.15, -0.1) is 5.10 Å². The van der Waals surface area contributed by atoms with E-state index in [0.717, 1.165) is 0 Å². The van der Waals surface area contributed by atoms with Crippen LogP contribution in [0.4, 0.5) is 6.01 Å². The van der Waals surface area contributed by atoms with E-state index in [1.165, 1.54) is 7.11 Å². The Morgan fingerprint density at radius 3 is 2.86 bits per heavy atom. The topological polar surface area (TPSA) is 97.6 Å². The first kappa shape index (κ1) is 15.4. The molecule has 0 aliphatic carbocycles. The van der Waals surface area contributed by atoms with Crippen LogP contribution in [0.15, 0.2) is 4.42 Å². The third kappa shape index (κ3) is 4.01. The number of anilines is 1. The number of esters is 1. The summed E-state index contributed by atoms with van der Waals surface area (Å²) in [4.78, 5) is 25.2. The van der Waals surface area contributed by atoms with Gasteiger partial charge in [0, 0.05) is 12.5 Å². The number of methoxy groups -OCH3 is 1. The van der Waals surface area contributed by atoms with Crippen molar-refractivity contribution in [1.82, 2.24) is 15.1 Å². The quantitative estimate of drug-likeness (QED) is 0.796. The fourth-order valence-electron chi connectivity index (χ4n) is 2.22. The predicted octanol–water partition coefficient (Wildman–Crippen LogP) is 0.626. The lowest BCUT2D eigenvalue weighted by Crippen LogP contribution is -2.32. The first-order valence-corrected chi connectivity index (χ1v) is 6.93. The molecule has 2 heterocycles. The normalized spacial score (nSPS) is 19.0. The van der Waals surface area contributed by atoms with Crippen LogP contribution in [0.25, 0.3) is 0 Å². The number of ether oxygens (including phenoxy) is 1. The third-order valence-corrected chi connectivity index (χ3v) is 3.35. The van der Waals surface area contributed by atoms with E-state index in [-0.39, 0.29) is 36.3 Å². The van der Waals surface area contributed by atoms with Gasteiger partial charge >= 0.3 is 12.0 Å². The monoisotopic (exact) mass is 296 g/mol. The largest absolute Gasteiger partial charge is 0.469 e. The summed E-state index contributed by atoms with van der Waals surface area (Å²) in [6.07, 6.45) is 0.706. The van der Waals surface area contributed by atoms with Crippen LogP contribution < -0.4 is 5.32 Å². The first-order chi connectivity index (χ1) is 9.99. The Hall–Kier alpha value is -1.96. The summed E-state index contributed by atoms with van der Waals surface area (Å²) in [5.41, 5.74) is 0. The van der Waals surface area contributed by atoms with Crippen LogP contribution in [0.3, 0.4) is 0 Å². The SMILES string of the molecule is COC(=O)C1CCN(CC(=O)Nc2nnc(C(C)C)o2)C1. The van der Waals surface area contributed by atoms with Crippen molar-refractivity contribution in [2.45, 2.75) is 26.2 Å². The van der Waals surface area contributed by atoms with Crippen LogP contribution >= 0.6 is 0 Å². The second-order valence-corrected chi connectivity index (χ2v) is 5.39. The highest BCUT2D eigenvalue weighted by Crippen LogP contribution is 2.18. The van der Waals surface area contributed by atoms with Gasteiger partial charge in [0.05, 0.1) is 19.6 Å². The van der Waals surface area contributed by atoms with E-state index in [1.807, 2.05) is 18.7 Å². The van der Waals surface area contributed by atoms with Crippen molar-refractivity contribution in [2.75, 3.05) is 32.1 Å². The lowest BCUT2D eigenvalue weighted by atomic mass is 10.1. The summed E-state index contributed by atoms with van der Waals surface area (Å²) < 4.78 is 10.0. The van der Waals surface area contributed by atoms with Crippen LogP contribution in [-0.2, 0) is 14.3 Å². The fraction of sp³-hybridized carbons (Fsp3) is 0.692. The number of carbonyl (C=O) groups excluding carboxylic acids is 2. The second kappa shape index (κ2) is 6.66. The van der Waals surface area contributed by atoms with Crippen molar-refractivity contribution in [2.24, 2.45) is 5.92 Å². The third-order valence-electron chi connectivity index (χ3n) is 3.35. The van der Waals surface area contributed by atoms with Crippen molar-refractivity contribution in [1.29, 1.82) is 0 Å². The molecule has 0 aromatic carbocycles. The summed E-state index contributed by atoms with van der Waals surface area (Å²) in [7, 11) is 1.37. The molecular formula is C13H20N4O4. The molecular weight excluding hydrogens is 276 g/mol. The van der Waals surface area contributed by atoms with Gasteiger partial charge in [-0.05, 0) is 13.0 Å². The minimum absolute atomic E-state index is 0.104. The zero-order valence-electron chi connectivity index (χ0n) is 12.5. The molecule has 0 radical (unpaired) electrons. The zero-order valence-corrected chi connectivity index (χ0v) is 12.5. The molecule has 1 aliphatic heterocycles. The summed E-state index contributed by atoms with van der Waals surface area (Å²) in [6, 6.07) is 0.104. The second-order valence-electron chi connectivity index (χ2n) is 5.39. The predicted molar refractivity (Wildman–Crippen MR) is 73.6 cm³/mol. The van der Waals surface area contributed by atoms with Crippen LogP contribution in [0.1, 0.15) is 32.1 Å². The van der Waals surface area contributed by atoms with Crippen LogP contribution in [0.2, 0.25) is 0 Å². The highest BCUT2D eigenvalue weighted by Gasteiger charge is 2.30. The van der Waals surface area contributed by atoms with Gasteiger partial charge in [0.15, 0.2) is 0 Å². The van der Waals surface area contributed by atoms with Crippen LogP contribution in [-0.4, -0.2) is 53.7 Å². The molecule has 1 saturated heterocycles. The summed E-state index contributed by atoms with van der Waals surface area (Å²) in [5.74, 6) is -0.0191. The van der Waals surface area contributed by atoms with Crippen molar-refractivity contribution in [3.05, 3.63) is 5.89 Å². The summed E-state index contributed by atoms with van der Waals surface area (Å²) >= 11 is 0. The van der Waals surface area contributed by atoms with E-state index in [2.05, 4.69) is 15.5 Å². The number of rotatable bonds is 5. The number of aromatic nitrogens is 2. The number of hydrogen-bond donors (Lipinski definition) is 1. The van der Waals surface area contributed by atoms with E-state index in [9.17, 15) is 9.59 Å². The van der Waals surface area contributed by atoms with E-state index >= 15 is 0 Å². The molecule has 1 aromatic rings. The molecule has 1 aromatic heterocycles. The Balaban J connectivity index is 1.81. The van der Waals surface area contributed by atoms with Gasteiger partial charge in [-0.3, -0.25) is 19.8 Å². The molecule has 1 unspecified atom stereocenters.